The molecule has 6 bridgehead atoms. The molecule has 0 aromatic rings. The van der Waals surface area contributed by atoms with Gasteiger partial charge in [-0.2, -0.15) is 0 Å². The molecular weight excluding hydrogens is 228 g/mol. The molecule has 0 nitrogen and oxygen atoms in total. The fraction of sp³-hybridized carbons (Fsp3) is 1.00. The average Bonchev–Trinajstić information content (AvgIpc) is 2.76. The Balaban J connectivity index is 1.51. The highest BCUT2D eigenvalue weighted by Gasteiger charge is 2.62. The molecule has 0 radical (unpaired) electrons. The molecule has 0 heterocycles. The van der Waals surface area contributed by atoms with Crippen molar-refractivity contribution >= 4 is 0 Å². The molecule has 0 aliphatic heterocycles. The lowest BCUT2D eigenvalue weighted by Crippen LogP contribution is -2.51. The van der Waals surface area contributed by atoms with Gasteiger partial charge in [-0.05, 0) is 104 Å². The molecule has 0 spiro atoms. The van der Waals surface area contributed by atoms with Crippen LogP contribution in [0.15, 0.2) is 0 Å². The van der Waals surface area contributed by atoms with Crippen LogP contribution >= 0.6 is 0 Å². The van der Waals surface area contributed by atoms with Crippen molar-refractivity contribution in [1.29, 1.82) is 0 Å². The van der Waals surface area contributed by atoms with Crippen LogP contribution in [0.4, 0.5) is 0 Å². The summed E-state index contributed by atoms with van der Waals surface area (Å²) in [6.45, 7) is 5.21. The minimum atomic E-state index is 0.688. The van der Waals surface area contributed by atoms with E-state index >= 15 is 0 Å². The second-order valence-corrected chi connectivity index (χ2v) is 9.82. The van der Waals surface area contributed by atoms with Gasteiger partial charge in [0.2, 0.25) is 0 Å². The molecule has 0 aromatic carbocycles. The van der Waals surface area contributed by atoms with E-state index in [9.17, 15) is 0 Å². The minimum Gasteiger partial charge on any atom is -0.0594 e. The van der Waals surface area contributed by atoms with E-state index in [1.807, 2.05) is 0 Å². The van der Waals surface area contributed by atoms with Crippen molar-refractivity contribution in [3.8, 4) is 0 Å². The van der Waals surface area contributed by atoms with Gasteiger partial charge >= 0.3 is 0 Å². The highest BCUT2D eigenvalue weighted by atomic mass is 14.7. The minimum absolute atomic E-state index is 0.688. The van der Waals surface area contributed by atoms with Crippen LogP contribution in [-0.4, -0.2) is 0 Å². The molecule has 0 amide bonds. The fourth-order valence-electron chi connectivity index (χ4n) is 8.35. The molecule has 3 unspecified atom stereocenters. The lowest BCUT2D eigenvalue weighted by Gasteiger charge is -2.60. The molecule has 6 rings (SSSR count). The molecule has 106 valence electrons. The first kappa shape index (κ1) is 11.6. The molecule has 0 saturated heterocycles. The van der Waals surface area contributed by atoms with Crippen LogP contribution in [0.2, 0.25) is 0 Å². The number of hydrogen-bond donors (Lipinski definition) is 0. The average molecular weight is 258 g/mol. The standard InChI is InChI=1S/C19H30/c1-18(2)15-3-4-16(18)17(8-15)19-9-12-5-13(10-19)7-14(6-12)11-19/h12-17H,3-11H2,1-2H3. The van der Waals surface area contributed by atoms with Gasteiger partial charge in [-0.3, -0.25) is 0 Å². The Morgan fingerprint density at radius 2 is 1.26 bits per heavy atom. The Hall–Kier alpha value is 0. The summed E-state index contributed by atoms with van der Waals surface area (Å²) in [4.78, 5) is 0. The summed E-state index contributed by atoms with van der Waals surface area (Å²) in [5, 5.41) is 0. The van der Waals surface area contributed by atoms with E-state index in [0.29, 0.717) is 5.41 Å². The molecule has 0 N–H and O–H groups in total. The second kappa shape index (κ2) is 3.42. The summed E-state index contributed by atoms with van der Waals surface area (Å²) >= 11 is 0. The van der Waals surface area contributed by atoms with Gasteiger partial charge in [0.15, 0.2) is 0 Å². The Morgan fingerprint density at radius 1 is 0.684 bits per heavy atom. The SMILES string of the molecule is CC1(C)C2CCC1C(C13CC4CC(CC(C4)C1)C3)C2. The Bertz CT molecular complexity index is 369. The maximum absolute atomic E-state index is 2.61. The van der Waals surface area contributed by atoms with Crippen LogP contribution in [0, 0.1) is 46.3 Å². The van der Waals surface area contributed by atoms with Crippen LogP contribution < -0.4 is 0 Å². The lowest BCUT2D eigenvalue weighted by molar-refractivity contribution is -0.103. The van der Waals surface area contributed by atoms with E-state index in [0.717, 1.165) is 40.9 Å². The number of fused-ring (bicyclic) bond motifs is 2. The van der Waals surface area contributed by atoms with Crippen LogP contribution in [0.1, 0.15) is 71.6 Å². The van der Waals surface area contributed by atoms with E-state index in [1.165, 1.54) is 0 Å². The van der Waals surface area contributed by atoms with Crippen molar-refractivity contribution in [3.05, 3.63) is 0 Å². The molecule has 3 atom stereocenters. The predicted octanol–water partition coefficient (Wildman–Crippen LogP) is 5.28. The Labute approximate surface area is 118 Å². The first-order valence-electron chi connectivity index (χ1n) is 9.07. The quantitative estimate of drug-likeness (QED) is 0.600. The van der Waals surface area contributed by atoms with Gasteiger partial charge in [0, 0.05) is 0 Å². The van der Waals surface area contributed by atoms with Crippen LogP contribution in [-0.2, 0) is 0 Å². The van der Waals surface area contributed by atoms with Crippen molar-refractivity contribution in [2.45, 2.75) is 71.6 Å². The third kappa shape index (κ3) is 1.37. The molecule has 0 heteroatoms. The van der Waals surface area contributed by atoms with E-state index in [1.54, 1.807) is 57.8 Å². The van der Waals surface area contributed by atoms with Gasteiger partial charge in [-0.1, -0.05) is 13.8 Å². The second-order valence-electron chi connectivity index (χ2n) is 9.82. The van der Waals surface area contributed by atoms with E-state index < -0.39 is 0 Å². The zero-order valence-corrected chi connectivity index (χ0v) is 12.8. The first-order chi connectivity index (χ1) is 9.07. The molecular formula is C19H30. The van der Waals surface area contributed by atoms with E-state index in [4.69, 9.17) is 0 Å². The van der Waals surface area contributed by atoms with Gasteiger partial charge in [0.1, 0.15) is 0 Å². The molecule has 6 aliphatic rings. The van der Waals surface area contributed by atoms with Crippen molar-refractivity contribution in [1.82, 2.24) is 0 Å². The first-order valence-corrected chi connectivity index (χ1v) is 9.07. The third-order valence-corrected chi connectivity index (χ3v) is 8.73. The Morgan fingerprint density at radius 3 is 1.68 bits per heavy atom. The zero-order chi connectivity index (χ0) is 12.8. The predicted molar refractivity (Wildman–Crippen MR) is 78.7 cm³/mol. The van der Waals surface area contributed by atoms with Crippen molar-refractivity contribution < 1.29 is 0 Å². The zero-order valence-electron chi connectivity index (χ0n) is 12.8. The van der Waals surface area contributed by atoms with Crippen LogP contribution in [0.25, 0.3) is 0 Å². The molecule has 0 aromatic heterocycles. The van der Waals surface area contributed by atoms with Crippen molar-refractivity contribution in [2.75, 3.05) is 0 Å². The number of hydrogen-bond acceptors (Lipinski definition) is 0. The highest BCUT2D eigenvalue weighted by molar-refractivity contribution is 5.12. The molecule has 19 heavy (non-hydrogen) atoms. The topological polar surface area (TPSA) is 0 Å². The van der Waals surface area contributed by atoms with Gasteiger partial charge in [0.25, 0.3) is 0 Å². The van der Waals surface area contributed by atoms with Gasteiger partial charge in [-0.25, -0.2) is 0 Å². The summed E-state index contributed by atoms with van der Waals surface area (Å²) in [5.41, 5.74) is 1.53. The Kier molecular flexibility index (Phi) is 2.09. The van der Waals surface area contributed by atoms with Crippen LogP contribution in [0.3, 0.4) is 0 Å². The van der Waals surface area contributed by atoms with Gasteiger partial charge in [-0.15, -0.1) is 0 Å². The maximum Gasteiger partial charge on any atom is -0.0258 e. The molecule has 6 fully saturated rings. The summed E-state index contributed by atoms with van der Waals surface area (Å²) in [6.07, 6.45) is 14.5. The van der Waals surface area contributed by atoms with Crippen molar-refractivity contribution in [3.63, 3.8) is 0 Å². The molecule has 6 saturated carbocycles. The number of rotatable bonds is 1. The van der Waals surface area contributed by atoms with E-state index in [-0.39, 0.29) is 0 Å². The third-order valence-electron chi connectivity index (χ3n) is 8.73. The summed E-state index contributed by atoms with van der Waals surface area (Å²) in [5.74, 6) is 6.74. The smallest absolute Gasteiger partial charge is 0.0258 e. The summed E-state index contributed by atoms with van der Waals surface area (Å²) in [7, 11) is 0. The highest BCUT2D eigenvalue weighted by Crippen LogP contribution is 2.71. The van der Waals surface area contributed by atoms with Crippen molar-refractivity contribution in [2.24, 2.45) is 46.3 Å². The van der Waals surface area contributed by atoms with Crippen LogP contribution in [0.5, 0.6) is 0 Å². The fourth-order valence-corrected chi connectivity index (χ4v) is 8.35. The van der Waals surface area contributed by atoms with Gasteiger partial charge in [0.05, 0.1) is 0 Å². The normalized spacial score (nSPS) is 60.9. The lowest BCUT2D eigenvalue weighted by atomic mass is 9.45. The summed E-state index contributed by atoms with van der Waals surface area (Å²) in [6, 6.07) is 0. The molecule has 6 aliphatic carbocycles. The summed E-state index contributed by atoms with van der Waals surface area (Å²) < 4.78 is 0. The maximum atomic E-state index is 2.61. The van der Waals surface area contributed by atoms with E-state index in [2.05, 4.69) is 13.8 Å². The largest absolute Gasteiger partial charge is 0.0594 e. The monoisotopic (exact) mass is 258 g/mol. The van der Waals surface area contributed by atoms with Gasteiger partial charge < -0.3 is 0 Å².